The van der Waals surface area contributed by atoms with Gasteiger partial charge in [-0.3, -0.25) is 0 Å². The van der Waals surface area contributed by atoms with Gasteiger partial charge >= 0.3 is 0 Å². The fourth-order valence-electron chi connectivity index (χ4n) is 2.39. The van der Waals surface area contributed by atoms with E-state index in [9.17, 15) is 0 Å². The number of hydrogen-bond acceptors (Lipinski definition) is 4. The zero-order chi connectivity index (χ0) is 13.2. The Morgan fingerprint density at radius 2 is 2.11 bits per heavy atom. The van der Waals surface area contributed by atoms with Crippen molar-refractivity contribution < 1.29 is 4.52 Å². The van der Waals surface area contributed by atoms with Crippen LogP contribution in [0.4, 0.5) is 0 Å². The first-order valence-electron chi connectivity index (χ1n) is 6.55. The SMILES string of the molecule is CC1CCNC(c2nc(-c3ccc(Cl)cc3)no2)C1. The average Bonchev–Trinajstić information content (AvgIpc) is 2.89. The van der Waals surface area contributed by atoms with Crippen LogP contribution < -0.4 is 5.32 Å². The van der Waals surface area contributed by atoms with E-state index < -0.39 is 0 Å². The molecule has 0 saturated carbocycles. The summed E-state index contributed by atoms with van der Waals surface area (Å²) in [5.41, 5.74) is 0.920. The smallest absolute Gasteiger partial charge is 0.244 e. The monoisotopic (exact) mass is 277 g/mol. The van der Waals surface area contributed by atoms with Crippen LogP contribution in [0.1, 0.15) is 31.7 Å². The molecule has 0 bridgehead atoms. The molecule has 2 aromatic rings. The second kappa shape index (κ2) is 5.31. The van der Waals surface area contributed by atoms with Crippen LogP contribution in [0, 0.1) is 5.92 Å². The summed E-state index contributed by atoms with van der Waals surface area (Å²) in [6.45, 7) is 3.26. The molecule has 19 heavy (non-hydrogen) atoms. The number of rotatable bonds is 2. The minimum absolute atomic E-state index is 0.178. The molecule has 2 unspecified atom stereocenters. The Morgan fingerprint density at radius 3 is 2.84 bits per heavy atom. The lowest BCUT2D eigenvalue weighted by Gasteiger charge is -2.25. The fourth-order valence-corrected chi connectivity index (χ4v) is 2.51. The number of piperidine rings is 1. The molecular weight excluding hydrogens is 262 g/mol. The van der Waals surface area contributed by atoms with Crippen LogP contribution in [0.3, 0.4) is 0 Å². The molecule has 1 saturated heterocycles. The number of halogens is 1. The highest BCUT2D eigenvalue weighted by molar-refractivity contribution is 6.30. The maximum absolute atomic E-state index is 5.87. The average molecular weight is 278 g/mol. The largest absolute Gasteiger partial charge is 0.337 e. The highest BCUT2D eigenvalue weighted by Crippen LogP contribution is 2.27. The minimum atomic E-state index is 0.178. The Hall–Kier alpha value is -1.39. The van der Waals surface area contributed by atoms with Crippen molar-refractivity contribution >= 4 is 11.6 Å². The maximum atomic E-state index is 5.87. The van der Waals surface area contributed by atoms with Gasteiger partial charge in [0.05, 0.1) is 6.04 Å². The van der Waals surface area contributed by atoms with E-state index in [-0.39, 0.29) is 6.04 Å². The topological polar surface area (TPSA) is 51.0 Å². The van der Waals surface area contributed by atoms with Gasteiger partial charge in [0.1, 0.15) is 0 Å². The normalized spacial score (nSPS) is 23.5. The van der Waals surface area contributed by atoms with Crippen molar-refractivity contribution in [3.8, 4) is 11.4 Å². The van der Waals surface area contributed by atoms with E-state index in [1.807, 2.05) is 24.3 Å². The molecule has 0 spiro atoms. The van der Waals surface area contributed by atoms with Gasteiger partial charge in [0, 0.05) is 10.6 Å². The summed E-state index contributed by atoms with van der Waals surface area (Å²) in [5, 5.41) is 8.17. The Balaban J connectivity index is 1.81. The Kier molecular flexibility index (Phi) is 3.53. The van der Waals surface area contributed by atoms with Crippen molar-refractivity contribution in [1.29, 1.82) is 0 Å². The highest BCUT2D eigenvalue weighted by atomic mass is 35.5. The lowest BCUT2D eigenvalue weighted by molar-refractivity contribution is 0.260. The molecule has 1 N–H and O–H groups in total. The first-order chi connectivity index (χ1) is 9.22. The molecule has 1 aliphatic heterocycles. The first-order valence-corrected chi connectivity index (χ1v) is 6.93. The van der Waals surface area contributed by atoms with Gasteiger partial charge in [-0.1, -0.05) is 23.7 Å². The van der Waals surface area contributed by atoms with Gasteiger partial charge in [-0.2, -0.15) is 4.98 Å². The predicted octanol–water partition coefficient (Wildman–Crippen LogP) is 3.45. The predicted molar refractivity (Wildman–Crippen MR) is 73.9 cm³/mol. The number of aromatic nitrogens is 2. The molecule has 5 heteroatoms. The standard InChI is InChI=1S/C14H16ClN3O/c1-9-6-7-16-12(8-9)14-17-13(18-19-14)10-2-4-11(15)5-3-10/h2-5,9,12,16H,6-8H2,1H3. The first kappa shape index (κ1) is 12.6. The van der Waals surface area contributed by atoms with E-state index in [0.717, 1.165) is 18.5 Å². The second-order valence-electron chi connectivity index (χ2n) is 5.10. The lowest BCUT2D eigenvalue weighted by Crippen LogP contribution is -2.30. The van der Waals surface area contributed by atoms with Crippen molar-refractivity contribution in [3.63, 3.8) is 0 Å². The summed E-state index contributed by atoms with van der Waals surface area (Å²) in [6, 6.07) is 7.63. The number of nitrogens with zero attached hydrogens (tertiary/aromatic N) is 2. The third kappa shape index (κ3) is 2.80. The molecule has 1 aromatic carbocycles. The summed E-state index contributed by atoms with van der Waals surface area (Å²) < 4.78 is 5.38. The lowest BCUT2D eigenvalue weighted by atomic mass is 9.94. The summed E-state index contributed by atoms with van der Waals surface area (Å²) in [6.07, 6.45) is 2.25. The fraction of sp³-hybridized carbons (Fsp3) is 0.429. The summed E-state index contributed by atoms with van der Waals surface area (Å²) in [5.74, 6) is 1.99. The molecule has 1 aromatic heterocycles. The summed E-state index contributed by atoms with van der Waals surface area (Å²) >= 11 is 5.87. The van der Waals surface area contributed by atoms with Gasteiger partial charge in [-0.15, -0.1) is 0 Å². The Morgan fingerprint density at radius 1 is 1.32 bits per heavy atom. The van der Waals surface area contributed by atoms with Crippen LogP contribution in [-0.4, -0.2) is 16.7 Å². The van der Waals surface area contributed by atoms with E-state index in [2.05, 4.69) is 22.4 Å². The van der Waals surface area contributed by atoms with Crippen LogP contribution in [-0.2, 0) is 0 Å². The van der Waals surface area contributed by atoms with Crippen LogP contribution in [0.5, 0.6) is 0 Å². The third-order valence-corrected chi connectivity index (χ3v) is 3.76. The van der Waals surface area contributed by atoms with E-state index in [0.29, 0.717) is 22.7 Å². The van der Waals surface area contributed by atoms with Gasteiger partial charge in [0.15, 0.2) is 0 Å². The third-order valence-electron chi connectivity index (χ3n) is 3.51. The maximum Gasteiger partial charge on any atom is 0.244 e. The van der Waals surface area contributed by atoms with Gasteiger partial charge in [-0.05, 0) is 49.6 Å². The summed E-state index contributed by atoms with van der Waals surface area (Å²) in [4.78, 5) is 4.48. The van der Waals surface area contributed by atoms with Crippen molar-refractivity contribution in [1.82, 2.24) is 15.5 Å². The highest BCUT2D eigenvalue weighted by Gasteiger charge is 2.24. The molecule has 100 valence electrons. The second-order valence-corrected chi connectivity index (χ2v) is 5.54. The molecule has 4 nitrogen and oxygen atoms in total. The molecule has 2 heterocycles. The molecule has 1 aliphatic rings. The molecule has 0 amide bonds. The molecular formula is C14H16ClN3O. The van der Waals surface area contributed by atoms with Crippen LogP contribution in [0.15, 0.2) is 28.8 Å². The van der Waals surface area contributed by atoms with E-state index in [1.54, 1.807) is 0 Å². The molecule has 0 aliphatic carbocycles. The number of nitrogens with one attached hydrogen (secondary N) is 1. The Labute approximate surface area is 117 Å². The van der Waals surface area contributed by atoms with E-state index in [1.165, 1.54) is 6.42 Å². The minimum Gasteiger partial charge on any atom is -0.337 e. The van der Waals surface area contributed by atoms with Crippen molar-refractivity contribution in [2.45, 2.75) is 25.8 Å². The zero-order valence-corrected chi connectivity index (χ0v) is 11.5. The van der Waals surface area contributed by atoms with E-state index >= 15 is 0 Å². The van der Waals surface area contributed by atoms with Crippen molar-refractivity contribution in [2.75, 3.05) is 6.54 Å². The summed E-state index contributed by atoms with van der Waals surface area (Å²) in [7, 11) is 0. The molecule has 0 radical (unpaired) electrons. The molecule has 1 fully saturated rings. The van der Waals surface area contributed by atoms with Gasteiger partial charge < -0.3 is 9.84 Å². The quantitative estimate of drug-likeness (QED) is 0.913. The van der Waals surface area contributed by atoms with Gasteiger partial charge in [-0.25, -0.2) is 0 Å². The van der Waals surface area contributed by atoms with Crippen molar-refractivity contribution in [2.24, 2.45) is 5.92 Å². The molecule has 3 rings (SSSR count). The van der Waals surface area contributed by atoms with Gasteiger partial charge in [0.2, 0.25) is 11.7 Å². The zero-order valence-electron chi connectivity index (χ0n) is 10.8. The molecule has 2 atom stereocenters. The number of hydrogen-bond donors (Lipinski definition) is 1. The van der Waals surface area contributed by atoms with E-state index in [4.69, 9.17) is 16.1 Å². The van der Waals surface area contributed by atoms with Crippen LogP contribution >= 0.6 is 11.6 Å². The Bertz CT molecular complexity index is 552. The number of benzene rings is 1. The van der Waals surface area contributed by atoms with Crippen LogP contribution in [0.25, 0.3) is 11.4 Å². The van der Waals surface area contributed by atoms with Crippen LogP contribution in [0.2, 0.25) is 5.02 Å². The van der Waals surface area contributed by atoms with Crippen molar-refractivity contribution in [3.05, 3.63) is 35.2 Å². The van der Waals surface area contributed by atoms with Gasteiger partial charge in [0.25, 0.3) is 0 Å².